The van der Waals surface area contributed by atoms with Crippen LogP contribution >= 0.6 is 11.6 Å². The largest absolute Gasteiger partial charge is 0.322 e. The molecule has 0 aliphatic heterocycles. The molecular weight excluding hydrogens is 292 g/mol. The minimum absolute atomic E-state index is 0.0620. The molecule has 0 aromatic heterocycles. The molecule has 0 aliphatic carbocycles. The van der Waals surface area contributed by atoms with Crippen molar-refractivity contribution in [1.82, 2.24) is 0 Å². The molecule has 21 heavy (non-hydrogen) atoms. The number of carbonyl (C=O) groups is 1. The van der Waals surface area contributed by atoms with Crippen LogP contribution in [-0.2, 0) is 0 Å². The van der Waals surface area contributed by atoms with E-state index in [-0.39, 0.29) is 22.2 Å². The van der Waals surface area contributed by atoms with Crippen LogP contribution in [0.5, 0.6) is 0 Å². The van der Waals surface area contributed by atoms with Gasteiger partial charge in [-0.1, -0.05) is 17.7 Å². The van der Waals surface area contributed by atoms with Gasteiger partial charge in [0.1, 0.15) is 5.02 Å². The standard InChI is InChI=1S/C15H13ClN2O3/c1-9-5-10(2)7-12(6-9)17-15(19)11-3-4-14(18(20)21)13(16)8-11/h3-8H,1-2H3,(H,17,19). The van der Waals surface area contributed by atoms with Crippen molar-refractivity contribution in [2.75, 3.05) is 5.32 Å². The summed E-state index contributed by atoms with van der Waals surface area (Å²) in [5, 5.41) is 13.4. The predicted molar refractivity (Wildman–Crippen MR) is 82.0 cm³/mol. The fourth-order valence-electron chi connectivity index (χ4n) is 2.05. The minimum Gasteiger partial charge on any atom is -0.322 e. The number of hydrogen-bond acceptors (Lipinski definition) is 3. The van der Waals surface area contributed by atoms with Crippen molar-refractivity contribution in [3.63, 3.8) is 0 Å². The summed E-state index contributed by atoms with van der Waals surface area (Å²) in [4.78, 5) is 22.2. The van der Waals surface area contributed by atoms with Crippen LogP contribution in [0.4, 0.5) is 11.4 Å². The second-order valence-electron chi connectivity index (χ2n) is 4.75. The summed E-state index contributed by atoms with van der Waals surface area (Å²) in [7, 11) is 0. The molecule has 2 aromatic carbocycles. The van der Waals surface area contributed by atoms with Gasteiger partial charge in [0.15, 0.2) is 0 Å². The van der Waals surface area contributed by atoms with Gasteiger partial charge in [0, 0.05) is 17.3 Å². The Kier molecular flexibility index (Phi) is 4.23. The van der Waals surface area contributed by atoms with E-state index < -0.39 is 4.92 Å². The lowest BCUT2D eigenvalue weighted by atomic mass is 10.1. The zero-order chi connectivity index (χ0) is 15.6. The molecule has 0 saturated carbocycles. The van der Waals surface area contributed by atoms with Gasteiger partial charge in [0.2, 0.25) is 0 Å². The van der Waals surface area contributed by atoms with Gasteiger partial charge in [-0.2, -0.15) is 0 Å². The Morgan fingerprint density at radius 3 is 2.29 bits per heavy atom. The lowest BCUT2D eigenvalue weighted by molar-refractivity contribution is -0.384. The molecule has 2 rings (SSSR count). The van der Waals surface area contributed by atoms with Gasteiger partial charge >= 0.3 is 0 Å². The van der Waals surface area contributed by atoms with Crippen LogP contribution in [0.3, 0.4) is 0 Å². The van der Waals surface area contributed by atoms with Gasteiger partial charge in [0.25, 0.3) is 11.6 Å². The number of nitrogens with zero attached hydrogens (tertiary/aromatic N) is 1. The Balaban J connectivity index is 2.24. The molecule has 5 nitrogen and oxygen atoms in total. The molecule has 6 heteroatoms. The van der Waals surface area contributed by atoms with E-state index in [0.29, 0.717) is 5.69 Å². The lowest BCUT2D eigenvalue weighted by Crippen LogP contribution is -2.12. The predicted octanol–water partition coefficient (Wildman–Crippen LogP) is 4.12. The third-order valence-corrected chi connectivity index (χ3v) is 3.19. The molecule has 108 valence electrons. The highest BCUT2D eigenvalue weighted by molar-refractivity contribution is 6.33. The number of nitro benzene ring substituents is 1. The van der Waals surface area contributed by atoms with E-state index in [1.165, 1.54) is 18.2 Å². The van der Waals surface area contributed by atoms with Crippen LogP contribution in [-0.4, -0.2) is 10.8 Å². The number of aryl methyl sites for hydroxylation is 2. The summed E-state index contributed by atoms with van der Waals surface area (Å²) in [5.74, 6) is -0.364. The molecule has 0 unspecified atom stereocenters. The highest BCUT2D eigenvalue weighted by Gasteiger charge is 2.15. The van der Waals surface area contributed by atoms with E-state index in [2.05, 4.69) is 5.32 Å². The maximum Gasteiger partial charge on any atom is 0.287 e. The number of anilines is 1. The number of rotatable bonds is 3. The van der Waals surface area contributed by atoms with Crippen molar-refractivity contribution in [1.29, 1.82) is 0 Å². The first kappa shape index (κ1) is 15.0. The Hall–Kier alpha value is -2.40. The quantitative estimate of drug-likeness (QED) is 0.685. The normalized spacial score (nSPS) is 10.2. The van der Waals surface area contributed by atoms with E-state index in [9.17, 15) is 14.9 Å². The first-order chi connectivity index (χ1) is 9.86. The average molecular weight is 305 g/mol. The van der Waals surface area contributed by atoms with Crippen LogP contribution in [0.1, 0.15) is 21.5 Å². The van der Waals surface area contributed by atoms with Gasteiger partial charge in [0.05, 0.1) is 4.92 Å². The summed E-state index contributed by atoms with van der Waals surface area (Å²) in [5.41, 5.74) is 2.79. The fourth-order valence-corrected chi connectivity index (χ4v) is 2.30. The van der Waals surface area contributed by atoms with Crippen LogP contribution in [0.25, 0.3) is 0 Å². The van der Waals surface area contributed by atoms with E-state index in [1.54, 1.807) is 0 Å². The second-order valence-corrected chi connectivity index (χ2v) is 5.16. The first-order valence-corrected chi connectivity index (χ1v) is 6.58. The summed E-state index contributed by atoms with van der Waals surface area (Å²) in [6.45, 7) is 3.87. The van der Waals surface area contributed by atoms with Crippen molar-refractivity contribution >= 4 is 28.9 Å². The number of amides is 1. The van der Waals surface area contributed by atoms with E-state index in [0.717, 1.165) is 11.1 Å². The summed E-state index contributed by atoms with van der Waals surface area (Å²) < 4.78 is 0. The SMILES string of the molecule is Cc1cc(C)cc(NC(=O)c2ccc([N+](=O)[O-])c(Cl)c2)c1. The molecule has 2 aromatic rings. The molecule has 0 bridgehead atoms. The third-order valence-electron chi connectivity index (χ3n) is 2.89. The molecule has 0 fully saturated rings. The lowest BCUT2D eigenvalue weighted by Gasteiger charge is -2.08. The third kappa shape index (κ3) is 3.58. The van der Waals surface area contributed by atoms with Crippen LogP contribution in [0.15, 0.2) is 36.4 Å². The minimum atomic E-state index is -0.589. The summed E-state index contributed by atoms with van der Waals surface area (Å²) >= 11 is 5.80. The summed E-state index contributed by atoms with van der Waals surface area (Å²) in [6, 6.07) is 9.58. The van der Waals surface area contributed by atoms with Gasteiger partial charge in [-0.3, -0.25) is 14.9 Å². The van der Waals surface area contributed by atoms with Gasteiger partial charge in [-0.15, -0.1) is 0 Å². The number of halogens is 1. The second kappa shape index (κ2) is 5.93. The Bertz CT molecular complexity index is 709. The van der Waals surface area contributed by atoms with Gasteiger partial charge in [-0.25, -0.2) is 0 Å². The number of nitro groups is 1. The summed E-state index contributed by atoms with van der Waals surface area (Å²) in [6.07, 6.45) is 0. The van der Waals surface area contributed by atoms with Crippen molar-refractivity contribution in [2.24, 2.45) is 0 Å². The van der Waals surface area contributed by atoms with E-state index in [1.807, 2.05) is 32.0 Å². The molecular formula is C15H13ClN2O3. The van der Waals surface area contributed by atoms with Crippen molar-refractivity contribution < 1.29 is 9.72 Å². The molecule has 1 N–H and O–H groups in total. The Morgan fingerprint density at radius 1 is 1.14 bits per heavy atom. The maximum absolute atomic E-state index is 12.1. The van der Waals surface area contributed by atoms with Crippen molar-refractivity contribution in [2.45, 2.75) is 13.8 Å². The smallest absolute Gasteiger partial charge is 0.287 e. The molecule has 0 aliphatic rings. The van der Waals surface area contributed by atoms with Gasteiger partial charge in [-0.05, 0) is 49.2 Å². The molecule has 0 heterocycles. The van der Waals surface area contributed by atoms with Gasteiger partial charge < -0.3 is 5.32 Å². The highest BCUT2D eigenvalue weighted by Crippen LogP contribution is 2.25. The number of benzene rings is 2. The molecule has 0 spiro atoms. The maximum atomic E-state index is 12.1. The highest BCUT2D eigenvalue weighted by atomic mass is 35.5. The number of hydrogen-bond donors (Lipinski definition) is 1. The zero-order valence-electron chi connectivity index (χ0n) is 11.5. The zero-order valence-corrected chi connectivity index (χ0v) is 12.3. The molecule has 0 saturated heterocycles. The molecule has 0 radical (unpaired) electrons. The first-order valence-electron chi connectivity index (χ1n) is 6.20. The molecule has 1 amide bonds. The van der Waals surface area contributed by atoms with Crippen LogP contribution in [0.2, 0.25) is 5.02 Å². The van der Waals surface area contributed by atoms with Crippen LogP contribution in [0, 0.1) is 24.0 Å². The average Bonchev–Trinajstić information content (AvgIpc) is 2.36. The van der Waals surface area contributed by atoms with E-state index in [4.69, 9.17) is 11.6 Å². The fraction of sp³-hybridized carbons (Fsp3) is 0.133. The monoisotopic (exact) mass is 304 g/mol. The van der Waals surface area contributed by atoms with Crippen molar-refractivity contribution in [3.05, 3.63) is 68.2 Å². The number of nitrogens with one attached hydrogen (secondary N) is 1. The number of carbonyl (C=O) groups excluding carboxylic acids is 1. The van der Waals surface area contributed by atoms with Crippen LogP contribution < -0.4 is 5.32 Å². The Labute approximate surface area is 126 Å². The Morgan fingerprint density at radius 2 is 1.76 bits per heavy atom. The van der Waals surface area contributed by atoms with E-state index >= 15 is 0 Å². The topological polar surface area (TPSA) is 72.2 Å². The van der Waals surface area contributed by atoms with Crippen molar-refractivity contribution in [3.8, 4) is 0 Å². The molecule has 0 atom stereocenters.